The normalized spacial score (nSPS) is 11.3. The Kier molecular flexibility index (Phi) is 3.64. The fraction of sp³-hybridized carbons (Fsp3) is 0.222. The molecular formula is C18H17FN2O2. The second kappa shape index (κ2) is 5.50. The van der Waals surface area contributed by atoms with Crippen LogP contribution in [0.2, 0.25) is 0 Å². The molecule has 5 heteroatoms. The Bertz CT molecular complexity index is 944. The van der Waals surface area contributed by atoms with Crippen LogP contribution >= 0.6 is 0 Å². The second-order valence-electron chi connectivity index (χ2n) is 5.89. The minimum Gasteiger partial charge on any atom is -0.506 e. The van der Waals surface area contributed by atoms with E-state index in [1.807, 2.05) is 13.8 Å². The monoisotopic (exact) mass is 312 g/mol. The molecule has 0 aliphatic heterocycles. The Labute approximate surface area is 132 Å². The number of hydrogen-bond donors (Lipinski definition) is 1. The Morgan fingerprint density at radius 1 is 1.17 bits per heavy atom. The molecule has 1 aromatic carbocycles. The molecule has 0 aliphatic rings. The summed E-state index contributed by atoms with van der Waals surface area (Å²) in [5.74, 6) is -0.199. The van der Waals surface area contributed by atoms with Gasteiger partial charge in [0.05, 0.1) is 5.69 Å². The van der Waals surface area contributed by atoms with Gasteiger partial charge in [0.1, 0.15) is 17.2 Å². The fourth-order valence-electron chi connectivity index (χ4n) is 2.65. The van der Waals surface area contributed by atoms with Gasteiger partial charge >= 0.3 is 0 Å². The number of hydrogen-bond acceptors (Lipinski definition) is 3. The third kappa shape index (κ3) is 2.59. The lowest BCUT2D eigenvalue weighted by Crippen LogP contribution is -2.20. The van der Waals surface area contributed by atoms with E-state index in [-0.39, 0.29) is 23.0 Å². The third-order valence-corrected chi connectivity index (χ3v) is 3.89. The zero-order chi connectivity index (χ0) is 16.7. The molecule has 1 N–H and O–H groups in total. The Hall–Kier alpha value is -2.69. The Morgan fingerprint density at radius 3 is 2.43 bits per heavy atom. The highest BCUT2D eigenvalue weighted by molar-refractivity contribution is 5.82. The molecule has 0 aliphatic carbocycles. The highest BCUT2D eigenvalue weighted by Gasteiger charge is 2.14. The van der Waals surface area contributed by atoms with Crippen LogP contribution in [0, 0.1) is 5.82 Å². The van der Waals surface area contributed by atoms with Crippen LogP contribution in [0.3, 0.4) is 0 Å². The molecule has 0 radical (unpaired) electrons. The van der Waals surface area contributed by atoms with Crippen LogP contribution in [0.1, 0.15) is 25.5 Å². The molecular weight excluding hydrogens is 295 g/mol. The summed E-state index contributed by atoms with van der Waals surface area (Å²) in [5.41, 5.74) is 1.93. The van der Waals surface area contributed by atoms with Crippen molar-refractivity contribution in [3.8, 4) is 16.9 Å². The summed E-state index contributed by atoms with van der Waals surface area (Å²) in [6.45, 7) is 3.86. The molecule has 2 heterocycles. The average Bonchev–Trinajstić information content (AvgIpc) is 2.51. The van der Waals surface area contributed by atoms with Gasteiger partial charge < -0.3 is 5.11 Å². The molecule has 0 amide bonds. The Morgan fingerprint density at radius 2 is 1.83 bits per heavy atom. The van der Waals surface area contributed by atoms with E-state index in [0.717, 1.165) is 0 Å². The molecule has 118 valence electrons. The van der Waals surface area contributed by atoms with Gasteiger partial charge in [0.15, 0.2) is 0 Å². The predicted molar refractivity (Wildman–Crippen MR) is 88.1 cm³/mol. The number of rotatable bonds is 2. The van der Waals surface area contributed by atoms with Gasteiger partial charge in [0, 0.05) is 18.0 Å². The molecule has 3 aromatic rings. The maximum Gasteiger partial charge on any atom is 0.259 e. The fourth-order valence-corrected chi connectivity index (χ4v) is 2.65. The number of pyridine rings is 2. The smallest absolute Gasteiger partial charge is 0.259 e. The molecule has 2 aromatic heterocycles. The topological polar surface area (TPSA) is 55.1 Å². The summed E-state index contributed by atoms with van der Waals surface area (Å²) in [5, 5.41) is 10.8. The minimum absolute atomic E-state index is 0.0475. The molecule has 0 fully saturated rings. The third-order valence-electron chi connectivity index (χ3n) is 3.89. The summed E-state index contributed by atoms with van der Waals surface area (Å²) in [4.78, 5) is 17.0. The number of nitrogens with zero attached hydrogens (tertiary/aromatic N) is 2. The number of benzene rings is 1. The van der Waals surface area contributed by atoms with Crippen LogP contribution in [-0.2, 0) is 7.05 Å². The predicted octanol–water partition coefficient (Wildman–Crippen LogP) is 3.57. The van der Waals surface area contributed by atoms with E-state index in [2.05, 4.69) is 4.98 Å². The van der Waals surface area contributed by atoms with Crippen molar-refractivity contribution in [2.45, 2.75) is 19.8 Å². The number of aromatic hydroxyl groups is 1. The van der Waals surface area contributed by atoms with E-state index in [4.69, 9.17) is 0 Å². The van der Waals surface area contributed by atoms with E-state index in [0.29, 0.717) is 27.9 Å². The largest absolute Gasteiger partial charge is 0.506 e. The molecule has 0 spiro atoms. The van der Waals surface area contributed by atoms with Crippen LogP contribution < -0.4 is 5.56 Å². The average molecular weight is 312 g/mol. The summed E-state index contributed by atoms with van der Waals surface area (Å²) in [7, 11) is 1.64. The number of aromatic nitrogens is 2. The van der Waals surface area contributed by atoms with E-state index in [9.17, 15) is 14.3 Å². The van der Waals surface area contributed by atoms with Crippen molar-refractivity contribution in [3.63, 3.8) is 0 Å². The van der Waals surface area contributed by atoms with Gasteiger partial charge in [-0.1, -0.05) is 26.0 Å². The van der Waals surface area contributed by atoms with Crippen LogP contribution in [0.15, 0.2) is 41.2 Å². The Balaban J connectivity index is 2.31. The SMILES string of the molecule is CC(C)c1nc2c(cc1O)cc(-c1ccc(F)cc1)c(=O)n2C. The van der Waals surface area contributed by atoms with Gasteiger partial charge in [-0.25, -0.2) is 9.37 Å². The summed E-state index contributed by atoms with van der Waals surface area (Å²) in [6.07, 6.45) is 0. The molecule has 23 heavy (non-hydrogen) atoms. The van der Waals surface area contributed by atoms with Crippen molar-refractivity contribution in [3.05, 3.63) is 58.3 Å². The maximum absolute atomic E-state index is 13.1. The van der Waals surface area contributed by atoms with Gasteiger partial charge in [0.25, 0.3) is 5.56 Å². The molecule has 0 atom stereocenters. The quantitative estimate of drug-likeness (QED) is 0.787. The van der Waals surface area contributed by atoms with Crippen LogP contribution in [-0.4, -0.2) is 14.7 Å². The van der Waals surface area contributed by atoms with Gasteiger partial charge in [-0.05, 0) is 35.7 Å². The highest BCUT2D eigenvalue weighted by atomic mass is 19.1. The summed E-state index contributed by atoms with van der Waals surface area (Å²) >= 11 is 0. The van der Waals surface area contributed by atoms with Gasteiger partial charge in [-0.15, -0.1) is 0 Å². The minimum atomic E-state index is -0.354. The van der Waals surface area contributed by atoms with Crippen molar-refractivity contribution in [1.82, 2.24) is 9.55 Å². The first kappa shape index (κ1) is 15.2. The maximum atomic E-state index is 13.1. The van der Waals surface area contributed by atoms with Crippen molar-refractivity contribution >= 4 is 11.0 Å². The van der Waals surface area contributed by atoms with Crippen LogP contribution in [0.4, 0.5) is 4.39 Å². The standard InChI is InChI=1S/C18H17FN2O2/c1-10(2)16-15(22)9-12-8-14(11-4-6-13(19)7-5-11)18(23)21(3)17(12)20-16/h4-10,22H,1-3H3. The molecule has 4 nitrogen and oxygen atoms in total. The number of halogens is 1. The van der Waals surface area contributed by atoms with E-state index in [1.54, 1.807) is 31.3 Å². The summed E-state index contributed by atoms with van der Waals surface area (Å²) in [6, 6.07) is 9.06. The lowest BCUT2D eigenvalue weighted by molar-refractivity contribution is 0.461. The van der Waals surface area contributed by atoms with E-state index >= 15 is 0 Å². The van der Waals surface area contributed by atoms with Crippen molar-refractivity contribution < 1.29 is 9.50 Å². The molecule has 3 rings (SSSR count). The van der Waals surface area contributed by atoms with Gasteiger partial charge in [-0.3, -0.25) is 9.36 Å². The molecule has 0 unspecified atom stereocenters. The zero-order valence-corrected chi connectivity index (χ0v) is 13.2. The van der Waals surface area contributed by atoms with E-state index < -0.39 is 0 Å². The molecule has 0 saturated heterocycles. The molecule has 0 bridgehead atoms. The first-order chi connectivity index (χ1) is 10.9. The van der Waals surface area contributed by atoms with Gasteiger partial charge in [-0.2, -0.15) is 0 Å². The number of fused-ring (bicyclic) bond motifs is 1. The lowest BCUT2D eigenvalue weighted by atomic mass is 10.0. The first-order valence-electron chi connectivity index (χ1n) is 7.38. The van der Waals surface area contributed by atoms with E-state index in [1.165, 1.54) is 16.7 Å². The van der Waals surface area contributed by atoms with Crippen molar-refractivity contribution in [2.75, 3.05) is 0 Å². The van der Waals surface area contributed by atoms with Crippen LogP contribution in [0.5, 0.6) is 5.75 Å². The van der Waals surface area contributed by atoms with Crippen molar-refractivity contribution in [2.24, 2.45) is 7.05 Å². The zero-order valence-electron chi connectivity index (χ0n) is 13.2. The van der Waals surface area contributed by atoms with Crippen LogP contribution in [0.25, 0.3) is 22.2 Å². The first-order valence-corrected chi connectivity index (χ1v) is 7.38. The highest BCUT2D eigenvalue weighted by Crippen LogP contribution is 2.28. The summed E-state index contributed by atoms with van der Waals surface area (Å²) < 4.78 is 14.5. The second-order valence-corrected chi connectivity index (χ2v) is 5.89. The van der Waals surface area contributed by atoms with Gasteiger partial charge in [0.2, 0.25) is 0 Å². The molecule has 0 saturated carbocycles. The lowest BCUT2D eigenvalue weighted by Gasteiger charge is -2.13. The number of aryl methyl sites for hydroxylation is 1. The van der Waals surface area contributed by atoms with Crippen molar-refractivity contribution in [1.29, 1.82) is 0 Å².